The van der Waals surface area contributed by atoms with Gasteiger partial charge in [0, 0.05) is 25.2 Å². The number of hydrogen-bond donors (Lipinski definition) is 0. The summed E-state index contributed by atoms with van der Waals surface area (Å²) >= 11 is 3.09. The van der Waals surface area contributed by atoms with Crippen molar-refractivity contribution in [2.75, 3.05) is 13.2 Å². The summed E-state index contributed by atoms with van der Waals surface area (Å²) in [6, 6.07) is 4.42. The fourth-order valence-electron chi connectivity index (χ4n) is 2.00. The van der Waals surface area contributed by atoms with E-state index < -0.39 is 0 Å². The van der Waals surface area contributed by atoms with E-state index in [1.54, 1.807) is 12.1 Å². The Bertz CT molecular complexity index is 414. The van der Waals surface area contributed by atoms with Crippen molar-refractivity contribution >= 4 is 21.7 Å². The van der Waals surface area contributed by atoms with Gasteiger partial charge in [0.1, 0.15) is 5.82 Å². The highest BCUT2D eigenvalue weighted by Crippen LogP contribution is 2.23. The Balaban J connectivity index is 2.01. The molecule has 1 aromatic carbocycles. The van der Waals surface area contributed by atoms with E-state index in [9.17, 15) is 9.18 Å². The molecule has 2 rings (SSSR count). The Morgan fingerprint density at radius 2 is 2.12 bits per heavy atom. The van der Waals surface area contributed by atoms with Gasteiger partial charge in [0.25, 0.3) is 0 Å². The van der Waals surface area contributed by atoms with Gasteiger partial charge in [-0.1, -0.05) is 0 Å². The molecule has 1 aromatic rings. The van der Waals surface area contributed by atoms with Gasteiger partial charge in [0.05, 0.1) is 4.47 Å². The Morgan fingerprint density at radius 1 is 1.41 bits per heavy atom. The number of ketones is 1. The zero-order chi connectivity index (χ0) is 12.3. The van der Waals surface area contributed by atoms with Crippen molar-refractivity contribution in [3.63, 3.8) is 0 Å². The highest BCUT2D eigenvalue weighted by molar-refractivity contribution is 9.10. The van der Waals surface area contributed by atoms with E-state index in [1.807, 2.05) is 0 Å². The Kier molecular flexibility index (Phi) is 4.29. The first-order valence-corrected chi connectivity index (χ1v) is 6.52. The number of ether oxygens (including phenoxy) is 1. The molecule has 1 aliphatic rings. The molecular formula is C13H14BrFO2. The minimum Gasteiger partial charge on any atom is -0.381 e. The first-order valence-electron chi connectivity index (χ1n) is 5.73. The zero-order valence-electron chi connectivity index (χ0n) is 9.42. The normalized spacial score (nSPS) is 17.1. The molecule has 0 aromatic heterocycles. The number of rotatable bonds is 3. The van der Waals surface area contributed by atoms with Crippen LogP contribution in [0.15, 0.2) is 22.7 Å². The lowest BCUT2D eigenvalue weighted by molar-refractivity contribution is 0.0601. The van der Waals surface area contributed by atoms with Crippen LogP contribution in [0.2, 0.25) is 0 Å². The van der Waals surface area contributed by atoms with E-state index >= 15 is 0 Å². The minimum absolute atomic E-state index is 0.0811. The third-order valence-electron chi connectivity index (χ3n) is 3.06. The molecule has 1 heterocycles. The summed E-state index contributed by atoms with van der Waals surface area (Å²) in [5, 5.41) is 0. The third kappa shape index (κ3) is 3.36. The molecule has 0 atom stereocenters. The number of benzene rings is 1. The van der Waals surface area contributed by atoms with Gasteiger partial charge in [0.2, 0.25) is 0 Å². The molecule has 0 amide bonds. The van der Waals surface area contributed by atoms with Gasteiger partial charge in [0.15, 0.2) is 5.78 Å². The van der Waals surface area contributed by atoms with Crippen LogP contribution in [0.1, 0.15) is 29.6 Å². The van der Waals surface area contributed by atoms with E-state index in [0.29, 0.717) is 22.4 Å². The van der Waals surface area contributed by atoms with Crippen molar-refractivity contribution < 1.29 is 13.9 Å². The van der Waals surface area contributed by atoms with Gasteiger partial charge in [-0.05, 0) is 52.9 Å². The van der Waals surface area contributed by atoms with Crippen molar-refractivity contribution in [1.29, 1.82) is 0 Å². The summed E-state index contributed by atoms with van der Waals surface area (Å²) in [5.74, 6) is 0.144. The maximum absolute atomic E-state index is 13.0. The van der Waals surface area contributed by atoms with Crippen LogP contribution in [0.3, 0.4) is 0 Å². The molecule has 92 valence electrons. The molecule has 1 fully saturated rings. The molecular weight excluding hydrogens is 287 g/mol. The van der Waals surface area contributed by atoms with Crippen LogP contribution in [0.25, 0.3) is 0 Å². The van der Waals surface area contributed by atoms with Gasteiger partial charge in [-0.2, -0.15) is 0 Å². The predicted molar refractivity (Wildman–Crippen MR) is 66.6 cm³/mol. The first kappa shape index (κ1) is 12.7. The quantitative estimate of drug-likeness (QED) is 0.798. The average Bonchev–Trinajstić information content (AvgIpc) is 2.34. The van der Waals surface area contributed by atoms with Crippen LogP contribution < -0.4 is 0 Å². The van der Waals surface area contributed by atoms with E-state index in [1.165, 1.54) is 6.07 Å². The fraction of sp³-hybridized carbons (Fsp3) is 0.462. The standard InChI is InChI=1S/C13H14BrFO2/c14-11-8-10(1-2-12(11)15)13(16)7-9-3-5-17-6-4-9/h1-2,8-9H,3-7H2. The van der Waals surface area contributed by atoms with Crippen molar-refractivity contribution in [2.45, 2.75) is 19.3 Å². The maximum atomic E-state index is 13.0. The largest absolute Gasteiger partial charge is 0.381 e. The van der Waals surface area contributed by atoms with E-state index in [4.69, 9.17) is 4.74 Å². The highest BCUT2D eigenvalue weighted by atomic mass is 79.9. The molecule has 4 heteroatoms. The molecule has 0 radical (unpaired) electrons. The van der Waals surface area contributed by atoms with Crippen LogP contribution in [0, 0.1) is 11.7 Å². The summed E-state index contributed by atoms with van der Waals surface area (Å²) in [7, 11) is 0. The van der Waals surface area contributed by atoms with Crippen LogP contribution in [-0.4, -0.2) is 19.0 Å². The second kappa shape index (κ2) is 5.74. The fourth-order valence-corrected chi connectivity index (χ4v) is 2.38. The summed E-state index contributed by atoms with van der Waals surface area (Å²) < 4.78 is 18.6. The van der Waals surface area contributed by atoms with Crippen LogP contribution in [-0.2, 0) is 4.74 Å². The number of halogens is 2. The number of hydrogen-bond acceptors (Lipinski definition) is 2. The predicted octanol–water partition coefficient (Wildman–Crippen LogP) is 3.59. The van der Waals surface area contributed by atoms with Gasteiger partial charge >= 0.3 is 0 Å². The molecule has 0 N–H and O–H groups in total. The summed E-state index contributed by atoms with van der Waals surface area (Å²) in [6.07, 6.45) is 2.41. The molecule has 17 heavy (non-hydrogen) atoms. The lowest BCUT2D eigenvalue weighted by Crippen LogP contribution is -2.18. The molecule has 2 nitrogen and oxygen atoms in total. The minimum atomic E-state index is -0.340. The molecule has 0 bridgehead atoms. The summed E-state index contributed by atoms with van der Waals surface area (Å²) in [6.45, 7) is 1.48. The van der Waals surface area contributed by atoms with Crippen LogP contribution in [0.4, 0.5) is 4.39 Å². The molecule has 1 saturated heterocycles. The van der Waals surface area contributed by atoms with Gasteiger partial charge in [-0.3, -0.25) is 4.79 Å². The number of Topliss-reactive ketones (excluding diaryl/α,β-unsaturated/α-hetero) is 1. The monoisotopic (exact) mass is 300 g/mol. The molecule has 1 aliphatic heterocycles. The number of carbonyl (C=O) groups is 1. The lowest BCUT2D eigenvalue weighted by Gasteiger charge is -2.21. The third-order valence-corrected chi connectivity index (χ3v) is 3.66. The highest BCUT2D eigenvalue weighted by Gasteiger charge is 2.18. The van der Waals surface area contributed by atoms with E-state index in [2.05, 4.69) is 15.9 Å². The topological polar surface area (TPSA) is 26.3 Å². The zero-order valence-corrected chi connectivity index (χ0v) is 11.0. The molecule has 0 aliphatic carbocycles. The van der Waals surface area contributed by atoms with Gasteiger partial charge < -0.3 is 4.74 Å². The smallest absolute Gasteiger partial charge is 0.163 e. The van der Waals surface area contributed by atoms with Crippen LogP contribution in [0.5, 0.6) is 0 Å². The van der Waals surface area contributed by atoms with E-state index in [0.717, 1.165) is 26.1 Å². The summed E-state index contributed by atoms with van der Waals surface area (Å²) in [5.41, 5.74) is 0.574. The van der Waals surface area contributed by atoms with Crippen molar-refractivity contribution in [3.05, 3.63) is 34.1 Å². The van der Waals surface area contributed by atoms with Gasteiger partial charge in [-0.25, -0.2) is 4.39 Å². The molecule has 0 unspecified atom stereocenters. The summed E-state index contributed by atoms with van der Waals surface area (Å²) in [4.78, 5) is 12.0. The second-order valence-electron chi connectivity index (χ2n) is 4.31. The first-order chi connectivity index (χ1) is 8.16. The Hall–Kier alpha value is -0.740. The van der Waals surface area contributed by atoms with Crippen molar-refractivity contribution in [1.82, 2.24) is 0 Å². The second-order valence-corrected chi connectivity index (χ2v) is 5.17. The van der Waals surface area contributed by atoms with Crippen molar-refractivity contribution in [2.24, 2.45) is 5.92 Å². The van der Waals surface area contributed by atoms with Gasteiger partial charge in [-0.15, -0.1) is 0 Å². The van der Waals surface area contributed by atoms with Crippen molar-refractivity contribution in [3.8, 4) is 0 Å². The number of carbonyl (C=O) groups excluding carboxylic acids is 1. The Labute approximate surface area is 108 Å². The van der Waals surface area contributed by atoms with E-state index in [-0.39, 0.29) is 11.6 Å². The SMILES string of the molecule is O=C(CC1CCOCC1)c1ccc(F)c(Br)c1. The molecule has 0 spiro atoms. The molecule has 0 saturated carbocycles. The maximum Gasteiger partial charge on any atom is 0.163 e. The average molecular weight is 301 g/mol. The van der Waals surface area contributed by atoms with Crippen LogP contribution >= 0.6 is 15.9 Å². The lowest BCUT2D eigenvalue weighted by atomic mass is 9.92. The Morgan fingerprint density at radius 3 is 2.76 bits per heavy atom.